The Labute approximate surface area is 117 Å². The molecule has 1 aromatic rings. The van der Waals surface area contributed by atoms with Gasteiger partial charge in [0.05, 0.1) is 12.1 Å². The van der Waals surface area contributed by atoms with Gasteiger partial charge in [-0.1, -0.05) is 6.58 Å². The number of likely N-dealkylation sites (N-methyl/N-ethyl adjacent to an activating group) is 1. The number of nitrogens with one attached hydrogen (secondary N) is 1. The molecule has 0 aliphatic heterocycles. The third kappa shape index (κ3) is 4.37. The number of carbonyl (C=O) groups excluding carboxylic acids is 2. The maximum Gasteiger partial charge on any atom is 0.417 e. The molecule has 0 aliphatic rings. The van der Waals surface area contributed by atoms with Gasteiger partial charge in [-0.05, 0) is 17.0 Å². The Morgan fingerprint density at radius 2 is 2.10 bits per heavy atom. The molecule has 2 amide bonds. The molecular formula is C12H13F3N2O2S. The fourth-order valence-corrected chi connectivity index (χ4v) is 2.27. The van der Waals surface area contributed by atoms with Gasteiger partial charge in [-0.2, -0.15) is 24.5 Å². The highest BCUT2D eigenvalue weighted by Gasteiger charge is 2.33. The normalized spacial score (nSPS) is 11.0. The Balaban J connectivity index is 2.56. The minimum absolute atomic E-state index is 0.00792. The molecule has 1 N–H and O–H groups in total. The molecule has 0 fully saturated rings. The molecule has 0 bridgehead atoms. The summed E-state index contributed by atoms with van der Waals surface area (Å²) in [6, 6.07) is 0. The number of rotatable bonds is 5. The minimum Gasteiger partial charge on any atom is -0.350 e. The lowest BCUT2D eigenvalue weighted by atomic mass is 10.2. The lowest BCUT2D eigenvalue weighted by Crippen LogP contribution is -2.37. The van der Waals surface area contributed by atoms with E-state index in [1.807, 2.05) is 0 Å². The van der Waals surface area contributed by atoms with Gasteiger partial charge >= 0.3 is 6.18 Å². The second kappa shape index (κ2) is 6.56. The summed E-state index contributed by atoms with van der Waals surface area (Å²) in [5.41, 5.74) is -0.744. The van der Waals surface area contributed by atoms with Crippen LogP contribution in [0.5, 0.6) is 0 Å². The standard InChI is InChI=1S/C12H13F3N2O2S/c1-3-11(19)17(2)5-10(18)16-4-8-6-20-7-9(8)12(13,14)15/h3,6-7H,1,4-5H2,2H3,(H,16,18). The van der Waals surface area contributed by atoms with E-state index in [2.05, 4.69) is 11.9 Å². The van der Waals surface area contributed by atoms with E-state index in [0.717, 1.165) is 27.7 Å². The summed E-state index contributed by atoms with van der Waals surface area (Å²) in [6.07, 6.45) is -3.39. The zero-order valence-corrected chi connectivity index (χ0v) is 11.5. The molecule has 0 radical (unpaired) electrons. The van der Waals surface area contributed by atoms with Crippen LogP contribution in [0.1, 0.15) is 11.1 Å². The number of alkyl halides is 3. The van der Waals surface area contributed by atoms with E-state index < -0.39 is 23.6 Å². The maximum atomic E-state index is 12.6. The van der Waals surface area contributed by atoms with Gasteiger partial charge in [0.15, 0.2) is 0 Å². The van der Waals surface area contributed by atoms with E-state index in [9.17, 15) is 22.8 Å². The zero-order chi connectivity index (χ0) is 15.3. The Bertz CT molecular complexity index is 511. The summed E-state index contributed by atoms with van der Waals surface area (Å²) in [7, 11) is 1.40. The molecule has 0 aliphatic carbocycles. The van der Waals surface area contributed by atoms with Gasteiger partial charge in [0.25, 0.3) is 0 Å². The maximum absolute atomic E-state index is 12.6. The molecule has 1 aromatic heterocycles. The first kappa shape index (κ1) is 16.2. The van der Waals surface area contributed by atoms with Crippen LogP contribution >= 0.6 is 11.3 Å². The van der Waals surface area contributed by atoms with Crippen LogP contribution in [0.15, 0.2) is 23.4 Å². The first-order valence-corrected chi connectivity index (χ1v) is 6.46. The predicted octanol–water partition coefficient (Wildman–Crippen LogP) is 2.03. The fraction of sp³-hybridized carbons (Fsp3) is 0.333. The number of hydrogen-bond acceptors (Lipinski definition) is 3. The Hall–Kier alpha value is -1.83. The summed E-state index contributed by atoms with van der Waals surface area (Å²) in [4.78, 5) is 23.8. The van der Waals surface area contributed by atoms with Crippen LogP contribution in [-0.4, -0.2) is 30.3 Å². The summed E-state index contributed by atoms with van der Waals surface area (Å²) in [5.74, 6) is -0.978. The van der Waals surface area contributed by atoms with Crippen LogP contribution in [0, 0.1) is 0 Å². The zero-order valence-electron chi connectivity index (χ0n) is 10.7. The molecule has 0 atom stereocenters. The molecule has 0 spiro atoms. The van der Waals surface area contributed by atoms with Crippen molar-refractivity contribution in [1.29, 1.82) is 0 Å². The van der Waals surface area contributed by atoms with Gasteiger partial charge < -0.3 is 10.2 Å². The first-order valence-electron chi connectivity index (χ1n) is 5.52. The Kier molecular flexibility index (Phi) is 5.32. The van der Waals surface area contributed by atoms with Gasteiger partial charge in [0, 0.05) is 19.0 Å². The molecule has 0 saturated heterocycles. The molecule has 20 heavy (non-hydrogen) atoms. The predicted molar refractivity (Wildman–Crippen MR) is 69.0 cm³/mol. The molecule has 0 unspecified atom stereocenters. The molecule has 0 saturated carbocycles. The van der Waals surface area contributed by atoms with Crippen molar-refractivity contribution in [2.24, 2.45) is 0 Å². The van der Waals surface area contributed by atoms with Crippen molar-refractivity contribution in [2.75, 3.05) is 13.6 Å². The highest BCUT2D eigenvalue weighted by atomic mass is 32.1. The van der Waals surface area contributed by atoms with Crippen molar-refractivity contribution in [3.63, 3.8) is 0 Å². The number of carbonyl (C=O) groups is 2. The highest BCUT2D eigenvalue weighted by molar-refractivity contribution is 7.08. The van der Waals surface area contributed by atoms with Crippen molar-refractivity contribution < 1.29 is 22.8 Å². The van der Waals surface area contributed by atoms with E-state index in [1.165, 1.54) is 12.4 Å². The number of hydrogen-bond donors (Lipinski definition) is 1. The third-order valence-electron chi connectivity index (χ3n) is 2.46. The highest BCUT2D eigenvalue weighted by Crippen LogP contribution is 2.34. The van der Waals surface area contributed by atoms with Crippen LogP contribution in [0.4, 0.5) is 13.2 Å². The quantitative estimate of drug-likeness (QED) is 0.846. The van der Waals surface area contributed by atoms with Crippen LogP contribution in [-0.2, 0) is 22.3 Å². The van der Waals surface area contributed by atoms with Crippen LogP contribution < -0.4 is 5.32 Å². The van der Waals surface area contributed by atoms with E-state index in [-0.39, 0.29) is 18.7 Å². The van der Waals surface area contributed by atoms with Gasteiger partial charge in [-0.25, -0.2) is 0 Å². The van der Waals surface area contributed by atoms with Gasteiger partial charge in [-0.15, -0.1) is 0 Å². The van der Waals surface area contributed by atoms with Crippen LogP contribution in [0.3, 0.4) is 0 Å². The third-order valence-corrected chi connectivity index (χ3v) is 3.25. The van der Waals surface area contributed by atoms with E-state index in [4.69, 9.17) is 0 Å². The Morgan fingerprint density at radius 3 is 2.65 bits per heavy atom. The number of amides is 2. The molecular weight excluding hydrogens is 293 g/mol. The second-order valence-corrected chi connectivity index (χ2v) is 4.73. The number of thiophene rings is 1. The van der Waals surface area contributed by atoms with Crippen LogP contribution in [0.25, 0.3) is 0 Å². The van der Waals surface area contributed by atoms with Crippen molar-refractivity contribution in [1.82, 2.24) is 10.2 Å². The summed E-state index contributed by atoms with van der Waals surface area (Å²) >= 11 is 0.918. The smallest absolute Gasteiger partial charge is 0.350 e. The first-order chi connectivity index (χ1) is 9.25. The lowest BCUT2D eigenvalue weighted by Gasteiger charge is -2.15. The molecule has 0 aromatic carbocycles. The van der Waals surface area contributed by atoms with E-state index >= 15 is 0 Å². The van der Waals surface area contributed by atoms with Crippen molar-refractivity contribution >= 4 is 23.2 Å². The fourth-order valence-electron chi connectivity index (χ4n) is 1.41. The minimum atomic E-state index is -4.43. The van der Waals surface area contributed by atoms with E-state index in [1.54, 1.807) is 0 Å². The average Bonchev–Trinajstić information content (AvgIpc) is 2.83. The largest absolute Gasteiger partial charge is 0.417 e. The topological polar surface area (TPSA) is 49.4 Å². The summed E-state index contributed by atoms with van der Waals surface area (Å²) in [5, 5.41) is 4.68. The van der Waals surface area contributed by atoms with Crippen molar-refractivity contribution in [3.8, 4) is 0 Å². The van der Waals surface area contributed by atoms with Crippen molar-refractivity contribution in [2.45, 2.75) is 12.7 Å². The van der Waals surface area contributed by atoms with Gasteiger partial charge in [0.1, 0.15) is 0 Å². The lowest BCUT2D eigenvalue weighted by molar-refractivity contribution is -0.138. The number of halogens is 3. The summed E-state index contributed by atoms with van der Waals surface area (Å²) < 4.78 is 37.8. The molecule has 4 nitrogen and oxygen atoms in total. The van der Waals surface area contributed by atoms with Gasteiger partial charge in [-0.3, -0.25) is 9.59 Å². The van der Waals surface area contributed by atoms with E-state index in [0.29, 0.717) is 0 Å². The SMILES string of the molecule is C=CC(=O)N(C)CC(=O)NCc1cscc1C(F)(F)F. The molecule has 110 valence electrons. The Morgan fingerprint density at radius 1 is 1.45 bits per heavy atom. The van der Waals surface area contributed by atoms with Crippen LogP contribution in [0.2, 0.25) is 0 Å². The molecule has 1 heterocycles. The monoisotopic (exact) mass is 306 g/mol. The van der Waals surface area contributed by atoms with Crippen molar-refractivity contribution in [3.05, 3.63) is 34.5 Å². The average molecular weight is 306 g/mol. The van der Waals surface area contributed by atoms with Gasteiger partial charge in [0.2, 0.25) is 11.8 Å². The number of nitrogens with zero attached hydrogens (tertiary/aromatic N) is 1. The molecule has 1 rings (SSSR count). The summed E-state index contributed by atoms with van der Waals surface area (Å²) in [6.45, 7) is 2.80. The molecule has 8 heteroatoms. The second-order valence-electron chi connectivity index (χ2n) is 3.98.